The van der Waals surface area contributed by atoms with Crippen LogP contribution in [0.1, 0.15) is 23.6 Å². The van der Waals surface area contributed by atoms with E-state index in [1.165, 1.54) is 5.56 Å². The molecule has 3 aromatic rings. The summed E-state index contributed by atoms with van der Waals surface area (Å²) in [7, 11) is -3.82. The first-order valence-corrected chi connectivity index (χ1v) is 10.6. The maximum Gasteiger partial charge on any atom is 0.297 e. The van der Waals surface area contributed by atoms with E-state index in [9.17, 15) is 8.42 Å². The van der Waals surface area contributed by atoms with Crippen LogP contribution in [0.25, 0.3) is 0 Å². The topological polar surface area (TPSA) is 52.6 Å². The molecule has 0 aliphatic carbocycles. The highest BCUT2D eigenvalue weighted by Gasteiger charge is 2.19. The summed E-state index contributed by atoms with van der Waals surface area (Å²) in [5.41, 5.74) is 3.22. The quantitative estimate of drug-likeness (QED) is 0.515. The van der Waals surface area contributed by atoms with E-state index >= 15 is 0 Å². The molecule has 0 fully saturated rings. The van der Waals surface area contributed by atoms with Crippen LogP contribution in [-0.2, 0) is 20.7 Å². The Kier molecular flexibility index (Phi) is 6.49. The van der Waals surface area contributed by atoms with Gasteiger partial charge in [-0.05, 0) is 43.2 Å². The zero-order valence-corrected chi connectivity index (χ0v) is 16.9. The van der Waals surface area contributed by atoms with Gasteiger partial charge in [0.25, 0.3) is 10.1 Å². The van der Waals surface area contributed by atoms with Crippen LogP contribution in [0.2, 0.25) is 0 Å². The van der Waals surface area contributed by atoms with Crippen LogP contribution in [0, 0.1) is 6.92 Å². The summed E-state index contributed by atoms with van der Waals surface area (Å²) in [6.45, 7) is 3.73. The van der Waals surface area contributed by atoms with Crippen LogP contribution in [0.5, 0.6) is 5.75 Å². The minimum Gasteiger partial charge on any atom is -0.491 e. The van der Waals surface area contributed by atoms with E-state index in [1.807, 2.05) is 49.4 Å². The molecule has 5 heteroatoms. The molecule has 0 N–H and O–H groups in total. The lowest BCUT2D eigenvalue weighted by atomic mass is 10.0. The molecule has 0 saturated carbocycles. The number of para-hydroxylation sites is 1. The van der Waals surface area contributed by atoms with Gasteiger partial charge in [0.05, 0.1) is 4.90 Å². The molecule has 4 nitrogen and oxygen atoms in total. The van der Waals surface area contributed by atoms with Crippen LogP contribution in [0.3, 0.4) is 0 Å². The van der Waals surface area contributed by atoms with Gasteiger partial charge in [0.1, 0.15) is 18.5 Å². The predicted molar refractivity (Wildman–Crippen MR) is 110 cm³/mol. The number of rotatable bonds is 8. The molecule has 146 valence electrons. The summed E-state index contributed by atoms with van der Waals surface area (Å²) >= 11 is 0. The highest BCUT2D eigenvalue weighted by atomic mass is 32.2. The molecule has 0 aliphatic heterocycles. The van der Waals surface area contributed by atoms with Gasteiger partial charge in [-0.2, -0.15) is 8.42 Å². The summed E-state index contributed by atoms with van der Waals surface area (Å²) in [5.74, 6) is 0.731. The van der Waals surface area contributed by atoms with E-state index in [-0.39, 0.29) is 11.5 Å². The smallest absolute Gasteiger partial charge is 0.297 e. The van der Waals surface area contributed by atoms with E-state index in [2.05, 4.69) is 12.1 Å². The third kappa shape index (κ3) is 5.44. The lowest BCUT2D eigenvalue weighted by Gasteiger charge is -2.16. The summed E-state index contributed by atoms with van der Waals surface area (Å²) in [6.07, 6.45) is 0.129. The molecule has 3 rings (SSSR count). The van der Waals surface area contributed by atoms with E-state index in [0.717, 1.165) is 23.3 Å². The normalized spacial score (nSPS) is 12.5. The van der Waals surface area contributed by atoms with Gasteiger partial charge >= 0.3 is 0 Å². The Hall–Kier alpha value is -2.63. The number of hydrogen-bond donors (Lipinski definition) is 0. The van der Waals surface area contributed by atoms with E-state index in [4.69, 9.17) is 8.92 Å². The summed E-state index contributed by atoms with van der Waals surface area (Å²) < 4.78 is 36.0. The van der Waals surface area contributed by atoms with Gasteiger partial charge in [0.15, 0.2) is 0 Å². The third-order valence-corrected chi connectivity index (χ3v) is 5.72. The molecule has 0 spiro atoms. The molecule has 0 saturated heterocycles. The lowest BCUT2D eigenvalue weighted by molar-refractivity contribution is 0.148. The van der Waals surface area contributed by atoms with E-state index in [0.29, 0.717) is 0 Å². The Morgan fingerprint density at radius 3 is 2.21 bits per heavy atom. The minimum atomic E-state index is -3.82. The van der Waals surface area contributed by atoms with Gasteiger partial charge in [-0.25, -0.2) is 0 Å². The van der Waals surface area contributed by atoms with Gasteiger partial charge < -0.3 is 4.74 Å². The first-order valence-electron chi connectivity index (χ1n) is 9.18. The van der Waals surface area contributed by atoms with Gasteiger partial charge in [-0.15, -0.1) is 0 Å². The molecule has 0 amide bonds. The zero-order valence-electron chi connectivity index (χ0n) is 16.0. The monoisotopic (exact) mass is 396 g/mol. The number of ether oxygens (including phenoxy) is 1. The van der Waals surface area contributed by atoms with E-state index < -0.39 is 16.2 Å². The molecular formula is C23H24O4S. The van der Waals surface area contributed by atoms with Crippen molar-refractivity contribution in [2.24, 2.45) is 0 Å². The lowest BCUT2D eigenvalue weighted by Crippen LogP contribution is -2.22. The van der Waals surface area contributed by atoms with Gasteiger partial charge in [-0.3, -0.25) is 4.18 Å². The van der Waals surface area contributed by atoms with Crippen LogP contribution in [-0.4, -0.2) is 21.1 Å². The molecule has 28 heavy (non-hydrogen) atoms. The maximum atomic E-state index is 12.4. The largest absolute Gasteiger partial charge is 0.491 e. The number of hydrogen-bond acceptors (Lipinski definition) is 4. The second kappa shape index (κ2) is 9.04. The minimum absolute atomic E-state index is 0.136. The molecule has 0 heterocycles. The summed E-state index contributed by atoms with van der Waals surface area (Å²) in [4.78, 5) is 0.148. The van der Waals surface area contributed by atoms with Crippen molar-refractivity contribution < 1.29 is 17.3 Å². The highest BCUT2D eigenvalue weighted by molar-refractivity contribution is 7.86. The molecule has 3 aromatic carbocycles. The Morgan fingerprint density at radius 1 is 0.857 bits per heavy atom. The Bertz CT molecular complexity index is 996. The molecular weight excluding hydrogens is 372 g/mol. The van der Waals surface area contributed by atoms with Crippen molar-refractivity contribution in [2.75, 3.05) is 6.61 Å². The van der Waals surface area contributed by atoms with Crippen molar-refractivity contribution in [3.05, 3.63) is 95.6 Å². The third-order valence-electron chi connectivity index (χ3n) is 4.28. The standard InChI is InChI=1S/C23H24O4S/c1-18-12-14-22(15-13-18)28(24,25)27-19(2)17-26-23-11-7-6-10-21(23)16-20-8-4-3-5-9-20/h3-15,19H,16-17H2,1-2H3/t19-/m1/s1. The van der Waals surface area contributed by atoms with Crippen LogP contribution < -0.4 is 4.74 Å². The molecule has 0 unspecified atom stereocenters. The first-order chi connectivity index (χ1) is 13.4. The van der Waals surface area contributed by atoms with Gasteiger partial charge in [0.2, 0.25) is 0 Å². The summed E-state index contributed by atoms with van der Waals surface area (Å²) in [6, 6.07) is 24.5. The average molecular weight is 397 g/mol. The van der Waals surface area contributed by atoms with E-state index in [1.54, 1.807) is 31.2 Å². The molecule has 0 bridgehead atoms. The predicted octanol–water partition coefficient (Wildman–Crippen LogP) is 4.76. The molecule has 0 aromatic heterocycles. The second-order valence-corrected chi connectivity index (χ2v) is 8.33. The molecule has 0 aliphatic rings. The van der Waals surface area contributed by atoms with Gasteiger partial charge in [-0.1, -0.05) is 66.2 Å². The fourth-order valence-corrected chi connectivity index (χ4v) is 3.89. The zero-order chi connectivity index (χ0) is 20.0. The van der Waals surface area contributed by atoms with Crippen molar-refractivity contribution in [3.63, 3.8) is 0 Å². The average Bonchev–Trinajstić information content (AvgIpc) is 2.68. The maximum absolute atomic E-state index is 12.4. The first kappa shape index (κ1) is 20.1. The summed E-state index contributed by atoms with van der Waals surface area (Å²) in [5, 5.41) is 0. The van der Waals surface area contributed by atoms with Crippen LogP contribution in [0.15, 0.2) is 83.8 Å². The Balaban J connectivity index is 1.63. The molecule has 0 radical (unpaired) electrons. The Labute approximate surface area is 166 Å². The number of benzene rings is 3. The van der Waals surface area contributed by atoms with Crippen molar-refractivity contribution in [1.29, 1.82) is 0 Å². The van der Waals surface area contributed by atoms with Crippen molar-refractivity contribution >= 4 is 10.1 Å². The number of aryl methyl sites for hydroxylation is 1. The Morgan fingerprint density at radius 2 is 1.50 bits per heavy atom. The molecule has 1 atom stereocenters. The van der Waals surface area contributed by atoms with Crippen molar-refractivity contribution in [1.82, 2.24) is 0 Å². The van der Waals surface area contributed by atoms with Crippen molar-refractivity contribution in [3.8, 4) is 5.75 Å². The van der Waals surface area contributed by atoms with Crippen LogP contribution >= 0.6 is 0 Å². The second-order valence-electron chi connectivity index (χ2n) is 6.76. The van der Waals surface area contributed by atoms with Crippen LogP contribution in [0.4, 0.5) is 0 Å². The fourth-order valence-electron chi connectivity index (χ4n) is 2.82. The fraction of sp³-hybridized carbons (Fsp3) is 0.217. The van der Waals surface area contributed by atoms with Crippen molar-refractivity contribution in [2.45, 2.75) is 31.3 Å². The SMILES string of the molecule is Cc1ccc(S(=O)(=O)O[C@H](C)COc2ccccc2Cc2ccccc2)cc1. The highest BCUT2D eigenvalue weighted by Crippen LogP contribution is 2.22. The van der Waals surface area contributed by atoms with Gasteiger partial charge in [0, 0.05) is 6.42 Å².